The van der Waals surface area contributed by atoms with Crippen molar-refractivity contribution in [3.63, 3.8) is 0 Å². The van der Waals surface area contributed by atoms with Crippen LogP contribution < -0.4 is 10.6 Å². The monoisotopic (exact) mass is 271 g/mol. The van der Waals surface area contributed by atoms with Gasteiger partial charge in [0.15, 0.2) is 0 Å². The Labute approximate surface area is 108 Å². The largest absolute Gasteiger partial charge is 0.418 e. The van der Waals surface area contributed by atoms with Crippen LogP contribution in [0, 0.1) is 11.3 Å². The highest BCUT2D eigenvalue weighted by molar-refractivity contribution is 5.72. The van der Waals surface area contributed by atoms with Crippen LogP contribution in [-0.2, 0) is 11.0 Å². The Morgan fingerprint density at radius 3 is 2.58 bits per heavy atom. The molecular formula is C12H12F3N3O. The molecule has 102 valence electrons. The summed E-state index contributed by atoms with van der Waals surface area (Å²) >= 11 is 0. The summed E-state index contributed by atoms with van der Waals surface area (Å²) in [6, 6.07) is 4.89. The number of carbonyl (C=O) groups is 1. The maximum Gasteiger partial charge on any atom is 0.418 e. The van der Waals surface area contributed by atoms with Gasteiger partial charge in [0.05, 0.1) is 17.2 Å². The number of benzene rings is 1. The number of rotatable bonds is 4. The second-order valence-corrected chi connectivity index (χ2v) is 3.78. The molecule has 0 aromatic heterocycles. The van der Waals surface area contributed by atoms with Crippen molar-refractivity contribution in [2.24, 2.45) is 0 Å². The Bertz CT molecular complexity index is 506. The molecule has 19 heavy (non-hydrogen) atoms. The lowest BCUT2D eigenvalue weighted by Crippen LogP contribution is -2.26. The summed E-state index contributed by atoms with van der Waals surface area (Å²) in [7, 11) is 0. The minimum absolute atomic E-state index is 0.134. The third-order valence-electron chi connectivity index (χ3n) is 2.27. The van der Waals surface area contributed by atoms with Gasteiger partial charge >= 0.3 is 6.18 Å². The topological polar surface area (TPSA) is 64.9 Å². The van der Waals surface area contributed by atoms with E-state index >= 15 is 0 Å². The molecule has 0 radical (unpaired) electrons. The summed E-state index contributed by atoms with van der Waals surface area (Å²) in [6.45, 7) is 1.65. The summed E-state index contributed by atoms with van der Waals surface area (Å²) in [5.74, 6) is -0.261. The van der Waals surface area contributed by atoms with Gasteiger partial charge in [-0.25, -0.2) is 0 Å². The van der Waals surface area contributed by atoms with E-state index in [0.717, 1.165) is 18.2 Å². The third-order valence-corrected chi connectivity index (χ3v) is 2.27. The molecule has 1 rings (SSSR count). The molecule has 1 amide bonds. The van der Waals surface area contributed by atoms with Crippen LogP contribution in [0.4, 0.5) is 18.9 Å². The van der Waals surface area contributed by atoms with Crippen LogP contribution in [0.15, 0.2) is 18.2 Å². The van der Waals surface area contributed by atoms with Crippen LogP contribution >= 0.6 is 0 Å². The van der Waals surface area contributed by atoms with E-state index in [1.54, 1.807) is 6.07 Å². The van der Waals surface area contributed by atoms with Gasteiger partial charge < -0.3 is 10.6 Å². The lowest BCUT2D eigenvalue weighted by atomic mass is 10.1. The smallest absolute Gasteiger partial charge is 0.383 e. The molecule has 0 aliphatic carbocycles. The molecule has 0 saturated carbocycles. The fourth-order valence-electron chi connectivity index (χ4n) is 1.44. The molecule has 0 saturated heterocycles. The molecule has 4 nitrogen and oxygen atoms in total. The zero-order valence-corrected chi connectivity index (χ0v) is 10.1. The summed E-state index contributed by atoms with van der Waals surface area (Å²) in [4.78, 5) is 10.6. The van der Waals surface area contributed by atoms with Gasteiger partial charge in [0.25, 0.3) is 0 Å². The van der Waals surface area contributed by atoms with Crippen molar-refractivity contribution < 1.29 is 18.0 Å². The van der Waals surface area contributed by atoms with Crippen LogP contribution in [0.3, 0.4) is 0 Å². The number of anilines is 1. The van der Waals surface area contributed by atoms with Gasteiger partial charge in [-0.1, -0.05) is 0 Å². The standard InChI is InChI=1S/C12H12F3N3O/c1-8(19)17-4-5-18-11-6-9(7-16)2-3-10(11)12(13,14)15/h2-3,6,18H,4-5H2,1H3,(H,17,19). The molecule has 0 heterocycles. The van der Waals surface area contributed by atoms with Gasteiger partial charge in [-0.3, -0.25) is 4.79 Å². The molecule has 2 N–H and O–H groups in total. The predicted molar refractivity (Wildman–Crippen MR) is 63.3 cm³/mol. The van der Waals surface area contributed by atoms with Crippen molar-refractivity contribution in [2.75, 3.05) is 18.4 Å². The van der Waals surface area contributed by atoms with Crippen LogP contribution in [0.5, 0.6) is 0 Å². The summed E-state index contributed by atoms with van der Waals surface area (Å²) < 4.78 is 38.2. The van der Waals surface area contributed by atoms with Gasteiger partial charge in [0.2, 0.25) is 5.91 Å². The first-order valence-electron chi connectivity index (χ1n) is 5.44. The fraction of sp³-hybridized carbons (Fsp3) is 0.333. The van der Waals surface area contributed by atoms with Crippen LogP contribution in [0.1, 0.15) is 18.1 Å². The first-order valence-corrected chi connectivity index (χ1v) is 5.44. The molecular weight excluding hydrogens is 259 g/mol. The Balaban J connectivity index is 2.84. The average Bonchev–Trinajstić information content (AvgIpc) is 2.32. The molecule has 0 aliphatic heterocycles. The van der Waals surface area contributed by atoms with E-state index in [4.69, 9.17) is 5.26 Å². The van der Waals surface area contributed by atoms with Crippen molar-refractivity contribution in [1.82, 2.24) is 5.32 Å². The summed E-state index contributed by atoms with van der Waals surface area (Å²) in [5.41, 5.74) is -0.874. The maximum atomic E-state index is 12.7. The summed E-state index contributed by atoms with van der Waals surface area (Å²) in [6.07, 6.45) is -4.50. The number of amides is 1. The molecule has 0 atom stereocenters. The van der Waals surface area contributed by atoms with E-state index in [2.05, 4.69) is 10.6 Å². The highest BCUT2D eigenvalue weighted by atomic mass is 19.4. The van der Waals surface area contributed by atoms with E-state index < -0.39 is 11.7 Å². The quantitative estimate of drug-likeness (QED) is 0.824. The number of nitrogens with one attached hydrogen (secondary N) is 2. The normalized spacial score (nSPS) is 10.7. The van der Waals surface area contributed by atoms with Crippen LogP contribution in [0.25, 0.3) is 0 Å². The molecule has 1 aromatic rings. The van der Waals surface area contributed by atoms with E-state index in [1.807, 2.05) is 0 Å². The second kappa shape index (κ2) is 6.09. The molecule has 0 fully saturated rings. The van der Waals surface area contributed by atoms with Gasteiger partial charge in [-0.2, -0.15) is 18.4 Å². The molecule has 0 spiro atoms. The molecule has 0 bridgehead atoms. The fourth-order valence-corrected chi connectivity index (χ4v) is 1.44. The average molecular weight is 271 g/mol. The van der Waals surface area contributed by atoms with Crippen molar-refractivity contribution >= 4 is 11.6 Å². The molecule has 0 aliphatic rings. The van der Waals surface area contributed by atoms with E-state index in [-0.39, 0.29) is 30.2 Å². The Hall–Kier alpha value is -2.23. The number of halogens is 3. The Morgan fingerprint density at radius 2 is 2.05 bits per heavy atom. The first-order chi connectivity index (χ1) is 8.84. The SMILES string of the molecule is CC(=O)NCCNc1cc(C#N)ccc1C(F)(F)F. The van der Waals surface area contributed by atoms with E-state index in [9.17, 15) is 18.0 Å². The molecule has 1 aromatic carbocycles. The number of alkyl halides is 3. The second-order valence-electron chi connectivity index (χ2n) is 3.78. The number of nitrogens with zero attached hydrogens (tertiary/aromatic N) is 1. The lowest BCUT2D eigenvalue weighted by Gasteiger charge is -2.14. The van der Waals surface area contributed by atoms with Gasteiger partial charge in [0, 0.05) is 25.7 Å². The van der Waals surface area contributed by atoms with Gasteiger partial charge in [-0.05, 0) is 18.2 Å². The number of carbonyl (C=O) groups excluding carboxylic acids is 1. The zero-order valence-electron chi connectivity index (χ0n) is 10.1. The van der Waals surface area contributed by atoms with Crippen molar-refractivity contribution in [1.29, 1.82) is 5.26 Å². The number of hydrogen-bond donors (Lipinski definition) is 2. The highest BCUT2D eigenvalue weighted by Crippen LogP contribution is 2.35. The molecule has 7 heteroatoms. The van der Waals surface area contributed by atoms with Gasteiger partial charge in [0.1, 0.15) is 0 Å². The van der Waals surface area contributed by atoms with E-state index in [1.165, 1.54) is 6.92 Å². The van der Waals surface area contributed by atoms with E-state index in [0.29, 0.717) is 0 Å². The minimum atomic E-state index is -4.50. The lowest BCUT2D eigenvalue weighted by molar-refractivity contribution is -0.137. The predicted octanol–water partition coefficient (Wildman–Crippen LogP) is 2.13. The zero-order chi connectivity index (χ0) is 14.5. The Kier molecular flexibility index (Phi) is 4.75. The van der Waals surface area contributed by atoms with Crippen molar-refractivity contribution in [2.45, 2.75) is 13.1 Å². The maximum absolute atomic E-state index is 12.7. The van der Waals surface area contributed by atoms with Crippen LogP contribution in [-0.4, -0.2) is 19.0 Å². The Morgan fingerprint density at radius 1 is 1.37 bits per heavy atom. The summed E-state index contributed by atoms with van der Waals surface area (Å²) in [5, 5.41) is 13.7. The van der Waals surface area contributed by atoms with Crippen molar-refractivity contribution in [3.05, 3.63) is 29.3 Å². The van der Waals surface area contributed by atoms with Crippen LogP contribution in [0.2, 0.25) is 0 Å². The highest BCUT2D eigenvalue weighted by Gasteiger charge is 2.33. The molecule has 0 unspecified atom stereocenters. The minimum Gasteiger partial charge on any atom is -0.383 e. The number of hydrogen-bond acceptors (Lipinski definition) is 3. The van der Waals surface area contributed by atoms with Crippen molar-refractivity contribution in [3.8, 4) is 6.07 Å². The van der Waals surface area contributed by atoms with Gasteiger partial charge in [-0.15, -0.1) is 0 Å². The first kappa shape index (κ1) is 14.8. The number of nitriles is 1. The third kappa shape index (κ3) is 4.50.